The topological polar surface area (TPSA) is 85.6 Å². The normalized spacial score (nSPS) is 11.7. The smallest absolute Gasteiger partial charge is 0.322 e. The summed E-state index contributed by atoms with van der Waals surface area (Å²) in [4.78, 5) is 23.1. The van der Waals surface area contributed by atoms with E-state index in [2.05, 4.69) is 25.4 Å². The van der Waals surface area contributed by atoms with Crippen molar-refractivity contribution in [3.05, 3.63) is 30.4 Å². The number of anilines is 1. The molecule has 0 radical (unpaired) electrons. The number of nitrogens with zero attached hydrogens (tertiary/aromatic N) is 5. The van der Waals surface area contributed by atoms with Gasteiger partial charge >= 0.3 is 6.18 Å². The van der Waals surface area contributed by atoms with E-state index >= 15 is 0 Å². The Balaban J connectivity index is 1.93. The summed E-state index contributed by atoms with van der Waals surface area (Å²) in [5.41, 5.74) is 0.360. The molecule has 10 heteroatoms. The second-order valence-electron chi connectivity index (χ2n) is 5.30. The molecule has 0 bridgehead atoms. The number of alkyl halides is 3. The van der Waals surface area contributed by atoms with Gasteiger partial charge in [0.1, 0.15) is 18.7 Å². The summed E-state index contributed by atoms with van der Waals surface area (Å²) in [6.07, 6.45) is -0.171. The molecular formula is C13H15F3N6O. The summed E-state index contributed by atoms with van der Waals surface area (Å²) < 4.78 is 37.9. The van der Waals surface area contributed by atoms with Gasteiger partial charge in [-0.2, -0.15) is 13.2 Å². The third kappa shape index (κ3) is 5.01. The van der Waals surface area contributed by atoms with Gasteiger partial charge in [0.15, 0.2) is 0 Å². The molecular weight excluding hydrogens is 313 g/mol. The van der Waals surface area contributed by atoms with Crippen molar-refractivity contribution in [2.24, 2.45) is 5.92 Å². The average molecular weight is 328 g/mol. The molecule has 2 aromatic heterocycles. The SMILES string of the molecule is CC(C)Cc1ncc(NC(=O)Cn2cnc(C(F)(F)F)n2)cn1. The van der Waals surface area contributed by atoms with Gasteiger partial charge in [-0.1, -0.05) is 13.8 Å². The van der Waals surface area contributed by atoms with E-state index in [0.717, 1.165) is 11.0 Å². The maximum atomic E-state index is 12.4. The van der Waals surface area contributed by atoms with Crippen LogP contribution in [0.4, 0.5) is 18.9 Å². The number of halogens is 3. The maximum Gasteiger partial charge on any atom is 0.453 e. The molecule has 0 aliphatic carbocycles. The zero-order valence-corrected chi connectivity index (χ0v) is 12.5. The number of hydrogen-bond acceptors (Lipinski definition) is 5. The van der Waals surface area contributed by atoms with Crippen LogP contribution in [-0.2, 0) is 23.9 Å². The summed E-state index contributed by atoms with van der Waals surface area (Å²) in [5.74, 6) is -0.773. The predicted molar refractivity (Wildman–Crippen MR) is 74.2 cm³/mol. The fourth-order valence-corrected chi connectivity index (χ4v) is 1.74. The van der Waals surface area contributed by atoms with Gasteiger partial charge in [-0.15, -0.1) is 5.10 Å². The van der Waals surface area contributed by atoms with E-state index in [0.29, 0.717) is 23.9 Å². The number of carbonyl (C=O) groups is 1. The number of nitrogens with one attached hydrogen (secondary N) is 1. The van der Waals surface area contributed by atoms with Crippen LogP contribution in [0.2, 0.25) is 0 Å². The zero-order valence-electron chi connectivity index (χ0n) is 12.5. The van der Waals surface area contributed by atoms with E-state index in [-0.39, 0.29) is 0 Å². The van der Waals surface area contributed by atoms with E-state index < -0.39 is 24.5 Å². The Labute approximate surface area is 130 Å². The average Bonchev–Trinajstić information content (AvgIpc) is 2.89. The highest BCUT2D eigenvalue weighted by Gasteiger charge is 2.35. The molecule has 0 spiro atoms. The van der Waals surface area contributed by atoms with Gasteiger partial charge in [-0.25, -0.2) is 19.6 Å². The van der Waals surface area contributed by atoms with Crippen molar-refractivity contribution in [3.63, 3.8) is 0 Å². The molecule has 1 amide bonds. The summed E-state index contributed by atoms with van der Waals surface area (Å²) in [7, 11) is 0. The number of amides is 1. The molecule has 1 N–H and O–H groups in total. The number of hydrogen-bond donors (Lipinski definition) is 1. The third-order valence-corrected chi connectivity index (χ3v) is 2.68. The first kappa shape index (κ1) is 16.8. The van der Waals surface area contributed by atoms with Crippen LogP contribution in [0.25, 0.3) is 0 Å². The second-order valence-corrected chi connectivity index (χ2v) is 5.30. The lowest BCUT2D eigenvalue weighted by molar-refractivity contribution is -0.145. The maximum absolute atomic E-state index is 12.4. The van der Waals surface area contributed by atoms with Crippen molar-refractivity contribution in [2.75, 3.05) is 5.32 Å². The van der Waals surface area contributed by atoms with Crippen LogP contribution < -0.4 is 5.32 Å². The first-order chi connectivity index (χ1) is 10.7. The van der Waals surface area contributed by atoms with Gasteiger partial charge in [-0.05, 0) is 5.92 Å². The minimum Gasteiger partial charge on any atom is -0.322 e. The molecule has 2 heterocycles. The molecule has 0 atom stereocenters. The molecule has 0 saturated carbocycles. The number of carbonyl (C=O) groups excluding carboxylic acids is 1. The molecule has 0 aliphatic heterocycles. The van der Waals surface area contributed by atoms with Crippen LogP contribution in [-0.4, -0.2) is 30.6 Å². The fraction of sp³-hybridized carbons (Fsp3) is 0.462. The van der Waals surface area contributed by atoms with Crippen molar-refractivity contribution in [3.8, 4) is 0 Å². The van der Waals surface area contributed by atoms with Crippen molar-refractivity contribution in [1.82, 2.24) is 24.7 Å². The number of aromatic nitrogens is 5. The van der Waals surface area contributed by atoms with Crippen LogP contribution in [0.5, 0.6) is 0 Å². The molecule has 0 aliphatic rings. The molecule has 124 valence electrons. The summed E-state index contributed by atoms with van der Waals surface area (Å²) >= 11 is 0. The lowest BCUT2D eigenvalue weighted by Gasteiger charge is -2.06. The van der Waals surface area contributed by atoms with E-state index in [1.165, 1.54) is 12.4 Å². The van der Waals surface area contributed by atoms with Crippen LogP contribution in [0, 0.1) is 5.92 Å². The van der Waals surface area contributed by atoms with Gasteiger partial charge in [0.25, 0.3) is 5.82 Å². The first-order valence-electron chi connectivity index (χ1n) is 6.81. The minimum atomic E-state index is -4.64. The second kappa shape index (κ2) is 6.71. The molecule has 0 fully saturated rings. The van der Waals surface area contributed by atoms with Crippen LogP contribution in [0.15, 0.2) is 18.7 Å². The molecule has 0 saturated heterocycles. The number of rotatable bonds is 5. The quantitative estimate of drug-likeness (QED) is 0.906. The fourth-order valence-electron chi connectivity index (χ4n) is 1.74. The highest BCUT2D eigenvalue weighted by Crippen LogP contribution is 2.25. The summed E-state index contributed by atoms with van der Waals surface area (Å²) in [6.45, 7) is 3.68. The van der Waals surface area contributed by atoms with Crippen molar-refractivity contribution in [2.45, 2.75) is 33.0 Å². The standard InChI is InChI=1S/C13H15F3N6O/c1-8(2)3-10-17-4-9(5-18-10)20-11(23)6-22-7-19-12(21-22)13(14,15)16/h4-5,7-8H,3,6H2,1-2H3,(H,20,23). The van der Waals surface area contributed by atoms with Gasteiger partial charge in [-0.3, -0.25) is 4.79 Å². The third-order valence-electron chi connectivity index (χ3n) is 2.68. The van der Waals surface area contributed by atoms with Gasteiger partial charge in [0.05, 0.1) is 18.1 Å². The first-order valence-corrected chi connectivity index (χ1v) is 6.81. The highest BCUT2D eigenvalue weighted by atomic mass is 19.4. The summed E-state index contributed by atoms with van der Waals surface area (Å²) in [6, 6.07) is 0. The van der Waals surface area contributed by atoms with Gasteiger partial charge in [0.2, 0.25) is 5.91 Å². The Hall–Kier alpha value is -2.52. The van der Waals surface area contributed by atoms with Crippen LogP contribution >= 0.6 is 0 Å². The lowest BCUT2D eigenvalue weighted by atomic mass is 10.1. The molecule has 23 heavy (non-hydrogen) atoms. The van der Waals surface area contributed by atoms with Crippen molar-refractivity contribution >= 4 is 11.6 Å². The van der Waals surface area contributed by atoms with Gasteiger partial charge in [0, 0.05) is 6.42 Å². The minimum absolute atomic E-state index is 0.360. The predicted octanol–water partition coefficient (Wildman–Crippen LogP) is 1.92. The van der Waals surface area contributed by atoms with E-state index in [9.17, 15) is 18.0 Å². The van der Waals surface area contributed by atoms with Crippen LogP contribution in [0.3, 0.4) is 0 Å². The Bertz CT molecular complexity index is 665. The highest BCUT2D eigenvalue weighted by molar-refractivity contribution is 5.90. The Kier molecular flexibility index (Phi) is 4.92. The van der Waals surface area contributed by atoms with E-state index in [1.807, 2.05) is 13.8 Å². The van der Waals surface area contributed by atoms with E-state index in [1.54, 1.807) is 0 Å². The van der Waals surface area contributed by atoms with Crippen molar-refractivity contribution < 1.29 is 18.0 Å². The van der Waals surface area contributed by atoms with Crippen molar-refractivity contribution in [1.29, 1.82) is 0 Å². The molecule has 0 aromatic carbocycles. The molecule has 2 aromatic rings. The monoisotopic (exact) mass is 328 g/mol. The Morgan fingerprint density at radius 1 is 1.26 bits per heavy atom. The summed E-state index contributed by atoms with van der Waals surface area (Å²) in [5, 5.41) is 5.68. The van der Waals surface area contributed by atoms with E-state index in [4.69, 9.17) is 0 Å². The zero-order chi connectivity index (χ0) is 17.0. The Morgan fingerprint density at radius 3 is 2.43 bits per heavy atom. The molecule has 7 nitrogen and oxygen atoms in total. The largest absolute Gasteiger partial charge is 0.453 e. The van der Waals surface area contributed by atoms with Crippen LogP contribution in [0.1, 0.15) is 25.5 Å². The lowest BCUT2D eigenvalue weighted by Crippen LogP contribution is -2.20. The molecule has 2 rings (SSSR count). The molecule has 0 unspecified atom stereocenters. The van der Waals surface area contributed by atoms with Gasteiger partial charge < -0.3 is 5.32 Å². The Morgan fingerprint density at radius 2 is 1.91 bits per heavy atom.